The number of hydrogen-bond acceptors (Lipinski definition) is 5. The number of aryl methyl sites for hydroxylation is 1. The molecule has 0 aliphatic rings. The van der Waals surface area contributed by atoms with Gasteiger partial charge in [-0.2, -0.15) is 0 Å². The monoisotopic (exact) mass is 267 g/mol. The first-order valence-corrected chi connectivity index (χ1v) is 6.83. The topological polar surface area (TPSA) is 59.2 Å². The number of thiazole rings is 1. The van der Waals surface area contributed by atoms with Gasteiger partial charge in [-0.3, -0.25) is 4.79 Å². The largest absolute Gasteiger partial charge is 0.397 e. The van der Waals surface area contributed by atoms with Gasteiger partial charge in [-0.1, -0.05) is 0 Å². The molecule has 0 aromatic carbocycles. The standard InChI is InChI=1S/C11H13N3OS2/c1-7-9(17-6-13-7)5-14(2)11(15)10-8(12)3-4-16-10/h3-4,6H,5,12H2,1-2H3. The van der Waals surface area contributed by atoms with Gasteiger partial charge in [0.2, 0.25) is 0 Å². The van der Waals surface area contributed by atoms with E-state index in [1.54, 1.807) is 34.9 Å². The first-order valence-electron chi connectivity index (χ1n) is 5.07. The summed E-state index contributed by atoms with van der Waals surface area (Å²) in [6.45, 7) is 2.52. The van der Waals surface area contributed by atoms with Crippen LogP contribution in [0.1, 0.15) is 20.2 Å². The third-order valence-electron chi connectivity index (χ3n) is 2.46. The lowest BCUT2D eigenvalue weighted by Crippen LogP contribution is -2.25. The van der Waals surface area contributed by atoms with Crippen LogP contribution in [0.4, 0.5) is 5.69 Å². The Kier molecular flexibility index (Phi) is 3.44. The molecular formula is C11H13N3OS2. The van der Waals surface area contributed by atoms with E-state index in [1.165, 1.54) is 11.3 Å². The van der Waals surface area contributed by atoms with Crippen LogP contribution in [-0.4, -0.2) is 22.8 Å². The number of nitrogens with zero attached hydrogens (tertiary/aromatic N) is 2. The van der Waals surface area contributed by atoms with Crippen LogP contribution in [0.3, 0.4) is 0 Å². The molecule has 4 nitrogen and oxygen atoms in total. The molecule has 0 aliphatic heterocycles. The fourth-order valence-corrected chi connectivity index (χ4v) is 3.07. The highest BCUT2D eigenvalue weighted by molar-refractivity contribution is 7.12. The number of anilines is 1. The molecule has 0 unspecified atom stereocenters. The minimum Gasteiger partial charge on any atom is -0.397 e. The molecule has 0 fully saturated rings. The number of thiophene rings is 1. The van der Waals surface area contributed by atoms with Crippen molar-refractivity contribution in [3.63, 3.8) is 0 Å². The number of carbonyl (C=O) groups excluding carboxylic acids is 1. The molecule has 2 rings (SSSR count). The molecule has 0 spiro atoms. The zero-order valence-electron chi connectivity index (χ0n) is 9.64. The summed E-state index contributed by atoms with van der Waals surface area (Å²) in [7, 11) is 1.78. The van der Waals surface area contributed by atoms with Crippen LogP contribution >= 0.6 is 22.7 Å². The summed E-state index contributed by atoms with van der Waals surface area (Å²) in [6, 6.07) is 1.75. The van der Waals surface area contributed by atoms with Crippen LogP contribution < -0.4 is 5.73 Å². The molecule has 2 aromatic rings. The van der Waals surface area contributed by atoms with Crippen molar-refractivity contribution in [3.05, 3.63) is 32.4 Å². The van der Waals surface area contributed by atoms with Crippen molar-refractivity contribution in [2.75, 3.05) is 12.8 Å². The summed E-state index contributed by atoms with van der Waals surface area (Å²) in [5.74, 6) is -0.0368. The maximum Gasteiger partial charge on any atom is 0.266 e. The quantitative estimate of drug-likeness (QED) is 0.928. The van der Waals surface area contributed by atoms with Gasteiger partial charge < -0.3 is 10.6 Å². The maximum absolute atomic E-state index is 12.1. The number of nitrogen functional groups attached to an aromatic ring is 1. The molecule has 0 radical (unpaired) electrons. The van der Waals surface area contributed by atoms with Gasteiger partial charge in [0.15, 0.2) is 0 Å². The number of carbonyl (C=O) groups is 1. The molecule has 0 saturated heterocycles. The van der Waals surface area contributed by atoms with Crippen LogP contribution in [0.2, 0.25) is 0 Å². The van der Waals surface area contributed by atoms with E-state index in [9.17, 15) is 4.79 Å². The molecule has 0 bridgehead atoms. The molecule has 6 heteroatoms. The van der Waals surface area contributed by atoms with E-state index in [2.05, 4.69) is 4.98 Å². The number of aromatic nitrogens is 1. The molecule has 1 amide bonds. The van der Waals surface area contributed by atoms with Crippen LogP contribution in [0, 0.1) is 6.92 Å². The van der Waals surface area contributed by atoms with Gasteiger partial charge in [0.05, 0.1) is 23.4 Å². The Morgan fingerprint density at radius 2 is 2.29 bits per heavy atom. The lowest BCUT2D eigenvalue weighted by molar-refractivity contribution is 0.0792. The summed E-state index contributed by atoms with van der Waals surface area (Å²) < 4.78 is 0. The van der Waals surface area contributed by atoms with E-state index < -0.39 is 0 Å². The van der Waals surface area contributed by atoms with Crippen molar-refractivity contribution < 1.29 is 4.79 Å². The fourth-order valence-electron chi connectivity index (χ4n) is 1.43. The molecule has 0 saturated carbocycles. The van der Waals surface area contributed by atoms with E-state index in [-0.39, 0.29) is 5.91 Å². The van der Waals surface area contributed by atoms with Crippen LogP contribution in [-0.2, 0) is 6.54 Å². The molecule has 2 heterocycles. The highest BCUT2D eigenvalue weighted by Gasteiger charge is 2.17. The molecule has 90 valence electrons. The summed E-state index contributed by atoms with van der Waals surface area (Å²) in [6.07, 6.45) is 0. The third kappa shape index (κ3) is 2.48. The number of nitrogens with two attached hydrogens (primary N) is 1. The third-order valence-corrected chi connectivity index (χ3v) is 4.30. The van der Waals surface area contributed by atoms with E-state index >= 15 is 0 Å². The van der Waals surface area contributed by atoms with Crippen LogP contribution in [0.15, 0.2) is 17.0 Å². The smallest absolute Gasteiger partial charge is 0.266 e. The highest BCUT2D eigenvalue weighted by Crippen LogP contribution is 2.22. The van der Waals surface area contributed by atoms with Crippen molar-refractivity contribution in [1.82, 2.24) is 9.88 Å². The van der Waals surface area contributed by atoms with Gasteiger partial charge in [0.25, 0.3) is 5.91 Å². The van der Waals surface area contributed by atoms with E-state index in [4.69, 9.17) is 5.73 Å². The number of rotatable bonds is 3. The Hall–Kier alpha value is -1.40. The average molecular weight is 267 g/mol. The predicted molar refractivity (Wildman–Crippen MR) is 71.4 cm³/mol. The lowest BCUT2D eigenvalue weighted by atomic mass is 10.3. The van der Waals surface area contributed by atoms with E-state index in [1.807, 2.05) is 12.3 Å². The summed E-state index contributed by atoms with van der Waals surface area (Å²) >= 11 is 2.94. The molecule has 0 atom stereocenters. The van der Waals surface area contributed by atoms with Crippen molar-refractivity contribution in [2.45, 2.75) is 13.5 Å². The molecule has 17 heavy (non-hydrogen) atoms. The molecule has 2 aromatic heterocycles. The van der Waals surface area contributed by atoms with Crippen molar-refractivity contribution in [1.29, 1.82) is 0 Å². The molecular weight excluding hydrogens is 254 g/mol. The van der Waals surface area contributed by atoms with Crippen LogP contribution in [0.5, 0.6) is 0 Å². The number of hydrogen-bond donors (Lipinski definition) is 1. The SMILES string of the molecule is Cc1ncsc1CN(C)C(=O)c1sccc1N. The van der Waals surface area contributed by atoms with Gasteiger partial charge in [0, 0.05) is 11.9 Å². The van der Waals surface area contributed by atoms with E-state index in [0.717, 1.165) is 10.6 Å². The Labute approximate surface area is 108 Å². The van der Waals surface area contributed by atoms with Gasteiger partial charge in [-0.05, 0) is 18.4 Å². The normalized spacial score (nSPS) is 10.5. The van der Waals surface area contributed by atoms with Crippen LogP contribution in [0.25, 0.3) is 0 Å². The second-order valence-corrected chi connectivity index (χ2v) is 5.58. The second-order valence-electron chi connectivity index (χ2n) is 3.73. The minimum absolute atomic E-state index is 0.0368. The first kappa shape index (κ1) is 12.1. The summed E-state index contributed by atoms with van der Waals surface area (Å²) in [5, 5.41) is 1.83. The fraction of sp³-hybridized carbons (Fsp3) is 0.273. The Morgan fingerprint density at radius 1 is 1.53 bits per heavy atom. The zero-order valence-corrected chi connectivity index (χ0v) is 11.3. The van der Waals surface area contributed by atoms with E-state index in [0.29, 0.717) is 17.1 Å². The van der Waals surface area contributed by atoms with Gasteiger partial charge >= 0.3 is 0 Å². The summed E-state index contributed by atoms with van der Waals surface area (Å²) in [5.41, 5.74) is 9.06. The second kappa shape index (κ2) is 4.85. The zero-order chi connectivity index (χ0) is 12.4. The Balaban J connectivity index is 2.11. The van der Waals surface area contributed by atoms with Crippen molar-refractivity contribution in [2.24, 2.45) is 0 Å². The predicted octanol–water partition coefficient (Wildman–Crippen LogP) is 2.37. The average Bonchev–Trinajstić information content (AvgIpc) is 2.88. The van der Waals surface area contributed by atoms with Gasteiger partial charge in [-0.15, -0.1) is 22.7 Å². The van der Waals surface area contributed by atoms with Crippen molar-refractivity contribution >= 4 is 34.3 Å². The Morgan fingerprint density at radius 3 is 2.82 bits per heavy atom. The number of amides is 1. The minimum atomic E-state index is -0.0368. The summed E-state index contributed by atoms with van der Waals surface area (Å²) in [4.78, 5) is 19.7. The maximum atomic E-state index is 12.1. The Bertz CT molecular complexity index is 532. The van der Waals surface area contributed by atoms with Crippen molar-refractivity contribution in [3.8, 4) is 0 Å². The first-order chi connectivity index (χ1) is 8.09. The van der Waals surface area contributed by atoms with Gasteiger partial charge in [0.1, 0.15) is 4.88 Å². The van der Waals surface area contributed by atoms with Gasteiger partial charge in [-0.25, -0.2) is 4.98 Å². The molecule has 0 aliphatic carbocycles. The highest BCUT2D eigenvalue weighted by atomic mass is 32.1. The lowest BCUT2D eigenvalue weighted by Gasteiger charge is -2.15. The molecule has 2 N–H and O–H groups in total.